The monoisotopic (exact) mass is 289 g/mol. The molecule has 0 aliphatic carbocycles. The lowest BCUT2D eigenvalue weighted by Crippen LogP contribution is -2.21. The fourth-order valence-corrected chi connectivity index (χ4v) is 2.39. The summed E-state index contributed by atoms with van der Waals surface area (Å²) < 4.78 is 33.2. The van der Waals surface area contributed by atoms with Gasteiger partial charge in [-0.1, -0.05) is 0 Å². The van der Waals surface area contributed by atoms with Gasteiger partial charge in [-0.2, -0.15) is 0 Å². The topological polar surface area (TPSA) is 116 Å². The molecule has 0 bridgehead atoms. The van der Waals surface area contributed by atoms with Crippen LogP contribution in [0.3, 0.4) is 0 Å². The second-order valence-electron chi connectivity index (χ2n) is 3.83. The van der Waals surface area contributed by atoms with E-state index in [-0.39, 0.29) is 22.0 Å². The summed E-state index contributed by atoms with van der Waals surface area (Å²) in [6.07, 6.45) is 1.01. The van der Waals surface area contributed by atoms with Gasteiger partial charge in [-0.05, 0) is 6.07 Å². The standard InChI is InChI=1S/C11H15NO6S/c1-17-7-5-9(19(3,15)16)8(18-2)4-6(7)10(12)11(13)14/h4-5,10H,12H2,1-3H3,(H,13,14). The summed E-state index contributed by atoms with van der Waals surface area (Å²) in [5.74, 6) is -1.15. The molecule has 1 rings (SSSR count). The highest BCUT2D eigenvalue weighted by molar-refractivity contribution is 7.90. The SMILES string of the molecule is COc1cc(S(C)(=O)=O)c(OC)cc1C(N)C(=O)O. The summed E-state index contributed by atoms with van der Waals surface area (Å²) in [5.41, 5.74) is 5.65. The molecule has 0 aliphatic heterocycles. The molecular weight excluding hydrogens is 274 g/mol. The van der Waals surface area contributed by atoms with Gasteiger partial charge in [0.05, 0.1) is 14.2 Å². The van der Waals surface area contributed by atoms with Crippen LogP contribution in [-0.4, -0.2) is 40.0 Å². The molecule has 0 saturated heterocycles. The fourth-order valence-electron chi connectivity index (χ4n) is 1.56. The Morgan fingerprint density at radius 1 is 1.26 bits per heavy atom. The number of aliphatic carboxylic acids is 1. The Morgan fingerprint density at radius 3 is 2.16 bits per heavy atom. The molecule has 0 spiro atoms. The van der Waals surface area contributed by atoms with E-state index in [2.05, 4.69) is 0 Å². The zero-order valence-corrected chi connectivity index (χ0v) is 11.5. The van der Waals surface area contributed by atoms with Crippen LogP contribution in [0.4, 0.5) is 0 Å². The molecule has 0 heterocycles. The molecule has 106 valence electrons. The number of rotatable bonds is 5. The second kappa shape index (κ2) is 5.45. The molecule has 0 radical (unpaired) electrons. The number of carboxylic acid groups (broad SMARTS) is 1. The summed E-state index contributed by atoms with van der Waals surface area (Å²) in [6.45, 7) is 0. The summed E-state index contributed by atoms with van der Waals surface area (Å²) in [7, 11) is -0.952. The molecule has 0 aromatic heterocycles. The van der Waals surface area contributed by atoms with Crippen molar-refractivity contribution < 1.29 is 27.8 Å². The Hall–Kier alpha value is -1.80. The molecule has 7 nitrogen and oxygen atoms in total. The molecule has 19 heavy (non-hydrogen) atoms. The molecule has 1 atom stereocenters. The van der Waals surface area contributed by atoms with E-state index in [1.165, 1.54) is 26.4 Å². The normalized spacial score (nSPS) is 12.8. The van der Waals surface area contributed by atoms with Crippen LogP contribution in [-0.2, 0) is 14.6 Å². The first-order valence-electron chi connectivity index (χ1n) is 5.16. The van der Waals surface area contributed by atoms with Gasteiger partial charge in [0, 0.05) is 17.9 Å². The minimum Gasteiger partial charge on any atom is -0.496 e. The van der Waals surface area contributed by atoms with Crippen LogP contribution < -0.4 is 15.2 Å². The number of carbonyl (C=O) groups is 1. The van der Waals surface area contributed by atoms with Crippen molar-refractivity contribution >= 4 is 15.8 Å². The number of carboxylic acids is 1. The first kappa shape index (κ1) is 15.3. The molecular formula is C11H15NO6S. The Kier molecular flexibility index (Phi) is 4.38. The average molecular weight is 289 g/mol. The second-order valence-corrected chi connectivity index (χ2v) is 5.82. The minimum atomic E-state index is -3.53. The van der Waals surface area contributed by atoms with E-state index in [0.29, 0.717) is 0 Å². The predicted octanol–water partition coefficient (Wildman–Crippen LogP) is 0.192. The van der Waals surface area contributed by atoms with Crippen LogP contribution in [0.2, 0.25) is 0 Å². The highest BCUT2D eigenvalue weighted by Crippen LogP contribution is 2.34. The van der Waals surface area contributed by atoms with E-state index in [0.717, 1.165) is 6.26 Å². The van der Waals surface area contributed by atoms with Gasteiger partial charge in [0.2, 0.25) is 0 Å². The van der Waals surface area contributed by atoms with Crippen molar-refractivity contribution in [2.45, 2.75) is 10.9 Å². The Balaban J connectivity index is 3.57. The van der Waals surface area contributed by atoms with Gasteiger partial charge < -0.3 is 20.3 Å². The summed E-state index contributed by atoms with van der Waals surface area (Å²) in [4.78, 5) is 10.8. The van der Waals surface area contributed by atoms with Gasteiger partial charge in [-0.15, -0.1) is 0 Å². The first-order chi connectivity index (χ1) is 8.72. The van der Waals surface area contributed by atoms with E-state index in [1.807, 2.05) is 0 Å². The fraction of sp³-hybridized carbons (Fsp3) is 0.364. The summed E-state index contributed by atoms with van der Waals surface area (Å²) >= 11 is 0. The number of sulfone groups is 1. The highest BCUT2D eigenvalue weighted by Gasteiger charge is 2.24. The average Bonchev–Trinajstić information content (AvgIpc) is 2.34. The quantitative estimate of drug-likeness (QED) is 0.794. The predicted molar refractivity (Wildman–Crippen MR) is 67.2 cm³/mol. The van der Waals surface area contributed by atoms with Gasteiger partial charge in [0.15, 0.2) is 9.84 Å². The number of benzene rings is 1. The lowest BCUT2D eigenvalue weighted by Gasteiger charge is -2.16. The number of nitrogens with two attached hydrogens (primary N) is 1. The molecule has 1 unspecified atom stereocenters. The van der Waals surface area contributed by atoms with Gasteiger partial charge >= 0.3 is 5.97 Å². The number of ether oxygens (including phenoxy) is 2. The van der Waals surface area contributed by atoms with Gasteiger partial charge in [0.25, 0.3) is 0 Å². The molecule has 1 aromatic rings. The number of hydrogen-bond donors (Lipinski definition) is 2. The van der Waals surface area contributed by atoms with Gasteiger partial charge in [0.1, 0.15) is 22.4 Å². The third-order valence-electron chi connectivity index (χ3n) is 2.52. The van der Waals surface area contributed by atoms with Crippen LogP contribution in [0, 0.1) is 0 Å². The highest BCUT2D eigenvalue weighted by atomic mass is 32.2. The van der Waals surface area contributed by atoms with Crippen molar-refractivity contribution in [2.24, 2.45) is 5.73 Å². The lowest BCUT2D eigenvalue weighted by atomic mass is 10.1. The largest absolute Gasteiger partial charge is 0.496 e. The Labute approximate surface area is 110 Å². The van der Waals surface area contributed by atoms with E-state index in [4.69, 9.17) is 20.3 Å². The zero-order valence-electron chi connectivity index (χ0n) is 10.7. The van der Waals surface area contributed by atoms with E-state index in [9.17, 15) is 13.2 Å². The van der Waals surface area contributed by atoms with Crippen LogP contribution in [0.15, 0.2) is 17.0 Å². The van der Waals surface area contributed by atoms with Crippen molar-refractivity contribution in [3.63, 3.8) is 0 Å². The maximum Gasteiger partial charge on any atom is 0.325 e. The molecule has 0 aliphatic rings. The number of hydrogen-bond acceptors (Lipinski definition) is 6. The van der Waals surface area contributed by atoms with Crippen molar-refractivity contribution in [3.05, 3.63) is 17.7 Å². The maximum absolute atomic E-state index is 11.6. The number of methoxy groups -OCH3 is 2. The maximum atomic E-state index is 11.6. The molecule has 0 amide bonds. The van der Waals surface area contributed by atoms with E-state index >= 15 is 0 Å². The zero-order chi connectivity index (χ0) is 14.8. The molecule has 0 saturated carbocycles. The third kappa shape index (κ3) is 3.15. The summed E-state index contributed by atoms with van der Waals surface area (Å²) in [6, 6.07) is 1.12. The van der Waals surface area contributed by atoms with Gasteiger partial charge in [-0.25, -0.2) is 8.42 Å². The van der Waals surface area contributed by atoms with Crippen LogP contribution in [0.1, 0.15) is 11.6 Å². The van der Waals surface area contributed by atoms with Gasteiger partial charge in [-0.3, -0.25) is 4.79 Å². The van der Waals surface area contributed by atoms with Crippen molar-refractivity contribution in [1.82, 2.24) is 0 Å². The Morgan fingerprint density at radius 2 is 1.79 bits per heavy atom. The van der Waals surface area contributed by atoms with Crippen molar-refractivity contribution in [3.8, 4) is 11.5 Å². The third-order valence-corrected chi connectivity index (χ3v) is 3.63. The smallest absolute Gasteiger partial charge is 0.325 e. The molecule has 0 fully saturated rings. The molecule has 8 heteroatoms. The van der Waals surface area contributed by atoms with Crippen molar-refractivity contribution in [1.29, 1.82) is 0 Å². The molecule has 1 aromatic carbocycles. The Bertz CT molecular complexity index is 595. The summed E-state index contributed by atoms with van der Waals surface area (Å²) in [5, 5.41) is 8.91. The van der Waals surface area contributed by atoms with Crippen molar-refractivity contribution in [2.75, 3.05) is 20.5 Å². The minimum absolute atomic E-state index is 0.0231. The van der Waals surface area contributed by atoms with Crippen LogP contribution in [0.5, 0.6) is 11.5 Å². The first-order valence-corrected chi connectivity index (χ1v) is 7.05. The van der Waals surface area contributed by atoms with Crippen LogP contribution >= 0.6 is 0 Å². The van der Waals surface area contributed by atoms with E-state index < -0.39 is 21.8 Å². The lowest BCUT2D eigenvalue weighted by molar-refractivity contribution is -0.138. The molecule has 3 N–H and O–H groups in total. The van der Waals surface area contributed by atoms with Crippen LogP contribution in [0.25, 0.3) is 0 Å². The van der Waals surface area contributed by atoms with E-state index in [1.54, 1.807) is 0 Å².